The summed E-state index contributed by atoms with van der Waals surface area (Å²) in [6.45, 7) is 3.18. The second-order valence-corrected chi connectivity index (χ2v) is 5.99. The molecule has 8 nitrogen and oxygen atoms in total. The summed E-state index contributed by atoms with van der Waals surface area (Å²) < 4.78 is 5.01. The number of aromatic nitrogens is 1. The second kappa shape index (κ2) is 7.56. The molecule has 1 aliphatic rings. The van der Waals surface area contributed by atoms with Crippen LogP contribution in [0.3, 0.4) is 0 Å². The minimum Gasteiger partial charge on any atom is -0.390 e. The number of aryl methyl sites for hydroxylation is 1. The topological polar surface area (TPSA) is 98.9 Å². The molecule has 23 heavy (non-hydrogen) atoms. The fourth-order valence-electron chi connectivity index (χ4n) is 2.47. The van der Waals surface area contributed by atoms with Crippen LogP contribution in [0.5, 0.6) is 0 Å². The van der Waals surface area contributed by atoms with Gasteiger partial charge in [-0.05, 0) is 6.42 Å². The highest BCUT2D eigenvalue weighted by molar-refractivity contribution is 5.92. The molecule has 2 N–H and O–H groups in total. The van der Waals surface area contributed by atoms with Gasteiger partial charge in [0.15, 0.2) is 5.69 Å². The van der Waals surface area contributed by atoms with E-state index in [4.69, 9.17) is 4.52 Å². The fourth-order valence-corrected chi connectivity index (χ4v) is 2.47. The van der Waals surface area contributed by atoms with Gasteiger partial charge in [0.05, 0.1) is 18.7 Å². The third-order valence-corrected chi connectivity index (χ3v) is 3.98. The summed E-state index contributed by atoms with van der Waals surface area (Å²) >= 11 is 0. The third-order valence-electron chi connectivity index (χ3n) is 3.98. The molecule has 128 valence electrons. The van der Waals surface area contributed by atoms with Crippen LogP contribution in [0.15, 0.2) is 10.6 Å². The van der Waals surface area contributed by atoms with Crippen molar-refractivity contribution in [3.63, 3.8) is 0 Å². The highest BCUT2D eigenvalue weighted by Gasteiger charge is 2.30. The summed E-state index contributed by atoms with van der Waals surface area (Å²) in [4.78, 5) is 27.2. The average Bonchev–Trinajstić information content (AvgIpc) is 2.99. The van der Waals surface area contributed by atoms with Gasteiger partial charge < -0.3 is 19.8 Å². The van der Waals surface area contributed by atoms with E-state index in [1.165, 1.54) is 4.90 Å². The van der Waals surface area contributed by atoms with Crippen molar-refractivity contribution in [2.45, 2.75) is 31.9 Å². The Morgan fingerprint density at radius 2 is 2.26 bits per heavy atom. The molecule has 1 aromatic rings. The normalized spacial score (nSPS) is 21.9. The summed E-state index contributed by atoms with van der Waals surface area (Å²) in [5, 5.41) is 16.7. The van der Waals surface area contributed by atoms with Gasteiger partial charge >= 0.3 is 0 Å². The monoisotopic (exact) mass is 324 g/mol. The molecule has 1 aromatic heterocycles. The number of aliphatic hydroxyl groups excluding tert-OH is 1. The summed E-state index contributed by atoms with van der Waals surface area (Å²) in [5.74, 6) is 0.289. The highest BCUT2D eigenvalue weighted by atomic mass is 16.5. The molecule has 2 atom stereocenters. The van der Waals surface area contributed by atoms with Crippen LogP contribution in [0, 0.1) is 0 Å². The second-order valence-electron chi connectivity index (χ2n) is 5.99. The molecule has 0 radical (unpaired) electrons. The number of β-amino-alcohol motifs (C(OH)–C–C–N with tert-alkyl or cyclic N) is 1. The van der Waals surface area contributed by atoms with Crippen molar-refractivity contribution in [2.24, 2.45) is 0 Å². The van der Waals surface area contributed by atoms with Gasteiger partial charge in [0.1, 0.15) is 5.76 Å². The van der Waals surface area contributed by atoms with E-state index < -0.39 is 6.10 Å². The largest absolute Gasteiger partial charge is 0.390 e. The lowest BCUT2D eigenvalue weighted by molar-refractivity contribution is -0.130. The Morgan fingerprint density at radius 3 is 2.83 bits per heavy atom. The van der Waals surface area contributed by atoms with Crippen molar-refractivity contribution in [2.75, 3.05) is 33.7 Å². The Labute approximate surface area is 135 Å². The number of piperidine rings is 1. The first kappa shape index (κ1) is 17.4. The van der Waals surface area contributed by atoms with Crippen LogP contribution in [0.2, 0.25) is 0 Å². The molecule has 0 aromatic carbocycles. The average molecular weight is 324 g/mol. The van der Waals surface area contributed by atoms with Crippen LogP contribution in [-0.2, 0) is 11.2 Å². The van der Waals surface area contributed by atoms with E-state index in [1.807, 2.05) is 11.8 Å². The van der Waals surface area contributed by atoms with Gasteiger partial charge in [-0.3, -0.25) is 14.5 Å². The number of amides is 2. The minimum atomic E-state index is -0.722. The van der Waals surface area contributed by atoms with E-state index in [0.29, 0.717) is 31.7 Å². The van der Waals surface area contributed by atoms with Crippen molar-refractivity contribution in [3.05, 3.63) is 17.5 Å². The number of hydrogen-bond acceptors (Lipinski definition) is 6. The van der Waals surface area contributed by atoms with Crippen LogP contribution < -0.4 is 5.32 Å². The van der Waals surface area contributed by atoms with E-state index in [2.05, 4.69) is 10.5 Å². The molecule has 2 amide bonds. The number of carbonyl (C=O) groups excluding carboxylic acids is 2. The lowest BCUT2D eigenvalue weighted by Crippen LogP contribution is -2.55. The number of aliphatic hydroxyl groups is 1. The first-order valence-corrected chi connectivity index (χ1v) is 7.77. The van der Waals surface area contributed by atoms with E-state index in [-0.39, 0.29) is 30.1 Å². The molecule has 2 rings (SSSR count). The van der Waals surface area contributed by atoms with Gasteiger partial charge in [0.2, 0.25) is 5.91 Å². The maximum Gasteiger partial charge on any atom is 0.273 e. The first-order chi connectivity index (χ1) is 10.9. The van der Waals surface area contributed by atoms with Gasteiger partial charge in [-0.25, -0.2) is 0 Å². The summed E-state index contributed by atoms with van der Waals surface area (Å²) in [5.41, 5.74) is 0.222. The smallest absolute Gasteiger partial charge is 0.273 e. The Bertz CT molecular complexity index is 557. The van der Waals surface area contributed by atoms with Crippen molar-refractivity contribution in [1.29, 1.82) is 0 Å². The number of nitrogens with one attached hydrogen (secondary N) is 1. The third kappa shape index (κ3) is 4.52. The van der Waals surface area contributed by atoms with Gasteiger partial charge in [-0.15, -0.1) is 0 Å². The van der Waals surface area contributed by atoms with Crippen molar-refractivity contribution >= 4 is 11.8 Å². The van der Waals surface area contributed by atoms with Gasteiger partial charge in [-0.1, -0.05) is 12.1 Å². The predicted molar refractivity (Wildman–Crippen MR) is 82.9 cm³/mol. The molecule has 0 saturated carbocycles. The Balaban J connectivity index is 1.86. The molecule has 0 spiro atoms. The number of carbonyl (C=O) groups is 2. The first-order valence-electron chi connectivity index (χ1n) is 7.77. The molecular weight excluding hydrogens is 300 g/mol. The van der Waals surface area contributed by atoms with Crippen molar-refractivity contribution in [1.82, 2.24) is 20.3 Å². The maximum absolute atomic E-state index is 12.1. The number of hydrogen-bond donors (Lipinski definition) is 2. The quantitative estimate of drug-likeness (QED) is 0.757. The summed E-state index contributed by atoms with van der Waals surface area (Å²) in [6, 6.07) is 1.25. The maximum atomic E-state index is 12.1. The Kier molecular flexibility index (Phi) is 5.73. The number of likely N-dealkylation sites (N-methyl/N-ethyl adjacent to an activating group) is 1. The molecule has 0 unspecified atom stereocenters. The summed E-state index contributed by atoms with van der Waals surface area (Å²) in [6.07, 6.45) is 0.521. The molecule has 8 heteroatoms. The Morgan fingerprint density at radius 1 is 1.52 bits per heavy atom. The molecule has 1 aliphatic heterocycles. The van der Waals surface area contributed by atoms with Crippen LogP contribution in [-0.4, -0.2) is 77.8 Å². The molecule has 0 aliphatic carbocycles. The lowest BCUT2D eigenvalue weighted by atomic mass is 10.0. The van der Waals surface area contributed by atoms with Crippen LogP contribution >= 0.6 is 0 Å². The summed E-state index contributed by atoms with van der Waals surface area (Å²) in [7, 11) is 3.41. The SMILES string of the molecule is CCc1cc(C(=O)N[C@@H]2CCN(CC(=O)N(C)C)C[C@H]2O)no1. The van der Waals surface area contributed by atoms with Crippen molar-refractivity contribution in [3.8, 4) is 0 Å². The van der Waals surface area contributed by atoms with Crippen LogP contribution in [0.1, 0.15) is 29.6 Å². The highest BCUT2D eigenvalue weighted by Crippen LogP contribution is 2.13. The van der Waals surface area contributed by atoms with E-state index in [1.54, 1.807) is 20.2 Å². The zero-order valence-corrected chi connectivity index (χ0v) is 13.8. The number of nitrogens with zero attached hydrogens (tertiary/aromatic N) is 3. The van der Waals surface area contributed by atoms with Crippen molar-refractivity contribution < 1.29 is 19.2 Å². The molecule has 2 heterocycles. The van der Waals surface area contributed by atoms with E-state index in [0.717, 1.165) is 0 Å². The lowest BCUT2D eigenvalue weighted by Gasteiger charge is -2.36. The molecule has 1 fully saturated rings. The predicted octanol–water partition coefficient (Wildman–Crippen LogP) is -0.510. The molecule has 0 bridgehead atoms. The van der Waals surface area contributed by atoms with Gasteiger partial charge in [0.25, 0.3) is 5.91 Å². The van der Waals surface area contributed by atoms with Gasteiger partial charge in [-0.2, -0.15) is 0 Å². The number of rotatable bonds is 5. The van der Waals surface area contributed by atoms with Crippen LogP contribution in [0.25, 0.3) is 0 Å². The Hall–Kier alpha value is -1.93. The van der Waals surface area contributed by atoms with Crippen LogP contribution in [0.4, 0.5) is 0 Å². The zero-order valence-electron chi connectivity index (χ0n) is 13.8. The zero-order chi connectivity index (χ0) is 17.0. The standard InChI is InChI=1S/C15H24N4O4/c1-4-10-7-12(17-23-10)15(22)16-11-5-6-19(8-13(11)20)9-14(21)18(2)3/h7,11,13,20H,4-6,8-9H2,1-3H3,(H,16,22)/t11-,13-/m1/s1. The van der Waals surface area contributed by atoms with E-state index in [9.17, 15) is 14.7 Å². The van der Waals surface area contributed by atoms with E-state index >= 15 is 0 Å². The minimum absolute atomic E-state index is 0.00521. The van der Waals surface area contributed by atoms with Gasteiger partial charge in [0, 0.05) is 39.7 Å². The fraction of sp³-hybridized carbons (Fsp3) is 0.667. The molecular formula is C15H24N4O4. The number of likely N-dealkylation sites (tertiary alicyclic amines) is 1. The molecule has 1 saturated heterocycles.